The highest BCUT2D eigenvalue weighted by atomic mass is 19.1. The summed E-state index contributed by atoms with van der Waals surface area (Å²) in [5.41, 5.74) is -0.0796. The molecule has 2 aromatic rings. The van der Waals surface area contributed by atoms with Gasteiger partial charge in [0.15, 0.2) is 11.6 Å². The van der Waals surface area contributed by atoms with Gasteiger partial charge < -0.3 is 10.1 Å². The van der Waals surface area contributed by atoms with Crippen LogP contribution in [0.2, 0.25) is 0 Å². The van der Waals surface area contributed by atoms with Crippen LogP contribution in [0.1, 0.15) is 27.7 Å². The molecule has 0 bridgehead atoms. The van der Waals surface area contributed by atoms with Gasteiger partial charge in [-0.15, -0.1) is 0 Å². The van der Waals surface area contributed by atoms with Gasteiger partial charge in [0.05, 0.1) is 23.6 Å². The van der Waals surface area contributed by atoms with Gasteiger partial charge in [-0.05, 0) is 20.8 Å². The SMILES string of the molecule is CC(=O)Nc1cc(NC(=O)OC(C)(C)C)c(-c2ncc(F)cn2)cn1. The van der Waals surface area contributed by atoms with E-state index in [-0.39, 0.29) is 23.2 Å². The van der Waals surface area contributed by atoms with Crippen molar-refractivity contribution >= 4 is 23.5 Å². The maximum absolute atomic E-state index is 13.0. The van der Waals surface area contributed by atoms with Crippen molar-refractivity contribution in [2.24, 2.45) is 0 Å². The van der Waals surface area contributed by atoms with Gasteiger partial charge in [-0.3, -0.25) is 10.1 Å². The van der Waals surface area contributed by atoms with Gasteiger partial charge in [0.25, 0.3) is 0 Å². The van der Waals surface area contributed by atoms with Gasteiger partial charge in [-0.25, -0.2) is 24.1 Å². The normalized spacial score (nSPS) is 10.9. The molecule has 9 heteroatoms. The topological polar surface area (TPSA) is 106 Å². The minimum atomic E-state index is -0.698. The van der Waals surface area contributed by atoms with E-state index < -0.39 is 17.5 Å². The smallest absolute Gasteiger partial charge is 0.412 e. The van der Waals surface area contributed by atoms with E-state index in [1.165, 1.54) is 19.2 Å². The molecule has 0 saturated heterocycles. The van der Waals surface area contributed by atoms with Gasteiger partial charge in [-0.2, -0.15) is 0 Å². The Kier molecular flexibility index (Phi) is 5.26. The third kappa shape index (κ3) is 5.48. The molecule has 0 spiro atoms. The van der Waals surface area contributed by atoms with Crippen LogP contribution < -0.4 is 10.6 Å². The summed E-state index contributed by atoms with van der Waals surface area (Å²) in [5, 5.41) is 5.08. The Morgan fingerprint density at radius 2 is 1.72 bits per heavy atom. The molecule has 8 nitrogen and oxygen atoms in total. The largest absolute Gasteiger partial charge is 0.444 e. The molecule has 2 aromatic heterocycles. The number of hydrogen-bond donors (Lipinski definition) is 2. The number of anilines is 2. The number of ether oxygens (including phenoxy) is 1. The number of carbonyl (C=O) groups excluding carboxylic acids is 2. The summed E-state index contributed by atoms with van der Waals surface area (Å²) >= 11 is 0. The first-order valence-corrected chi connectivity index (χ1v) is 7.39. The minimum absolute atomic E-state index is 0.161. The average molecular weight is 347 g/mol. The molecule has 0 aliphatic heterocycles. The van der Waals surface area contributed by atoms with Crippen molar-refractivity contribution in [1.29, 1.82) is 0 Å². The molecule has 2 N–H and O–H groups in total. The van der Waals surface area contributed by atoms with E-state index in [0.717, 1.165) is 12.4 Å². The number of pyridine rings is 1. The molecule has 132 valence electrons. The van der Waals surface area contributed by atoms with Gasteiger partial charge >= 0.3 is 6.09 Å². The van der Waals surface area contributed by atoms with Crippen LogP contribution in [0.5, 0.6) is 0 Å². The summed E-state index contributed by atoms with van der Waals surface area (Å²) < 4.78 is 18.2. The molecule has 0 aromatic carbocycles. The molecule has 0 aliphatic rings. The summed E-state index contributed by atoms with van der Waals surface area (Å²) in [6.45, 7) is 6.52. The fourth-order valence-electron chi connectivity index (χ4n) is 1.85. The number of amides is 2. The lowest BCUT2D eigenvalue weighted by Crippen LogP contribution is -2.27. The Bertz CT molecular complexity index is 787. The summed E-state index contributed by atoms with van der Waals surface area (Å²) in [6.07, 6.45) is 2.67. The van der Waals surface area contributed by atoms with Crippen molar-refractivity contribution < 1.29 is 18.7 Å². The monoisotopic (exact) mass is 347 g/mol. The van der Waals surface area contributed by atoms with E-state index >= 15 is 0 Å². The first-order chi connectivity index (χ1) is 11.6. The van der Waals surface area contributed by atoms with Gasteiger partial charge in [-0.1, -0.05) is 0 Å². The average Bonchev–Trinajstić information content (AvgIpc) is 2.46. The molecule has 2 heterocycles. The predicted molar refractivity (Wildman–Crippen MR) is 89.4 cm³/mol. The van der Waals surface area contributed by atoms with Gasteiger partial charge in [0.1, 0.15) is 11.4 Å². The molecule has 0 aliphatic carbocycles. The van der Waals surface area contributed by atoms with E-state index in [1.54, 1.807) is 20.8 Å². The quantitative estimate of drug-likeness (QED) is 0.884. The Labute approximate surface area is 143 Å². The third-order valence-corrected chi connectivity index (χ3v) is 2.70. The van der Waals surface area contributed by atoms with E-state index in [0.29, 0.717) is 5.56 Å². The standard InChI is InChI=1S/C16H18FN5O3/c1-9(23)21-13-5-12(22-15(24)25-16(2,3)4)11(8-18-13)14-19-6-10(17)7-20-14/h5-8H,1-4H3,(H2,18,21,22,23,24). The first-order valence-electron chi connectivity index (χ1n) is 7.39. The molecule has 2 rings (SSSR count). The number of carbonyl (C=O) groups is 2. The Hall–Kier alpha value is -3.10. The third-order valence-electron chi connectivity index (χ3n) is 2.70. The Balaban J connectivity index is 2.39. The van der Waals surface area contributed by atoms with Crippen LogP contribution in [0.25, 0.3) is 11.4 Å². The molecular formula is C16H18FN5O3. The zero-order valence-electron chi connectivity index (χ0n) is 14.3. The molecule has 25 heavy (non-hydrogen) atoms. The molecule has 2 amide bonds. The van der Waals surface area contributed by atoms with E-state index in [1.807, 2.05) is 0 Å². The van der Waals surface area contributed by atoms with Crippen molar-refractivity contribution in [3.8, 4) is 11.4 Å². The zero-order chi connectivity index (χ0) is 18.6. The van der Waals surface area contributed by atoms with Crippen LogP contribution >= 0.6 is 0 Å². The molecule has 0 saturated carbocycles. The fourth-order valence-corrected chi connectivity index (χ4v) is 1.85. The summed E-state index contributed by atoms with van der Waals surface area (Å²) in [5.74, 6) is -0.520. The summed E-state index contributed by atoms with van der Waals surface area (Å²) in [6, 6.07) is 1.44. The van der Waals surface area contributed by atoms with E-state index in [2.05, 4.69) is 25.6 Å². The van der Waals surface area contributed by atoms with Crippen molar-refractivity contribution in [3.63, 3.8) is 0 Å². The predicted octanol–water partition coefficient (Wildman–Crippen LogP) is 2.98. The fraction of sp³-hybridized carbons (Fsp3) is 0.312. The lowest BCUT2D eigenvalue weighted by molar-refractivity contribution is -0.114. The maximum Gasteiger partial charge on any atom is 0.412 e. The van der Waals surface area contributed by atoms with Crippen LogP contribution in [-0.4, -0.2) is 32.6 Å². The van der Waals surface area contributed by atoms with Crippen LogP contribution in [-0.2, 0) is 9.53 Å². The van der Waals surface area contributed by atoms with E-state index in [4.69, 9.17) is 4.74 Å². The van der Waals surface area contributed by atoms with Gasteiger partial charge in [0.2, 0.25) is 5.91 Å². The maximum atomic E-state index is 13.0. The number of aromatic nitrogens is 3. The number of nitrogens with zero attached hydrogens (tertiary/aromatic N) is 3. The van der Waals surface area contributed by atoms with Crippen molar-refractivity contribution in [2.75, 3.05) is 10.6 Å². The lowest BCUT2D eigenvalue weighted by atomic mass is 10.2. The Morgan fingerprint density at radius 3 is 2.28 bits per heavy atom. The highest BCUT2D eigenvalue weighted by molar-refractivity contribution is 5.93. The molecular weight excluding hydrogens is 329 g/mol. The van der Waals surface area contributed by atoms with Crippen LogP contribution in [0.15, 0.2) is 24.7 Å². The second-order valence-electron chi connectivity index (χ2n) is 6.15. The van der Waals surface area contributed by atoms with Crippen molar-refractivity contribution in [3.05, 3.63) is 30.5 Å². The van der Waals surface area contributed by atoms with Crippen molar-refractivity contribution in [1.82, 2.24) is 15.0 Å². The minimum Gasteiger partial charge on any atom is -0.444 e. The Morgan fingerprint density at radius 1 is 1.08 bits per heavy atom. The molecule has 0 atom stereocenters. The molecule has 0 unspecified atom stereocenters. The summed E-state index contributed by atoms with van der Waals surface area (Å²) in [7, 11) is 0. The van der Waals surface area contributed by atoms with Crippen molar-refractivity contribution in [2.45, 2.75) is 33.3 Å². The second kappa shape index (κ2) is 7.20. The zero-order valence-corrected chi connectivity index (χ0v) is 14.3. The lowest BCUT2D eigenvalue weighted by Gasteiger charge is -2.20. The summed E-state index contributed by atoms with van der Waals surface area (Å²) in [4.78, 5) is 35.1. The number of rotatable bonds is 3. The number of hydrogen-bond acceptors (Lipinski definition) is 6. The molecule has 0 fully saturated rings. The highest BCUT2D eigenvalue weighted by Crippen LogP contribution is 2.27. The second-order valence-corrected chi connectivity index (χ2v) is 6.15. The highest BCUT2D eigenvalue weighted by Gasteiger charge is 2.19. The number of halogens is 1. The van der Waals surface area contributed by atoms with Crippen LogP contribution in [0, 0.1) is 5.82 Å². The molecule has 0 radical (unpaired) electrons. The number of nitrogens with one attached hydrogen (secondary N) is 2. The van der Waals surface area contributed by atoms with Crippen LogP contribution in [0.4, 0.5) is 20.7 Å². The van der Waals surface area contributed by atoms with Crippen LogP contribution in [0.3, 0.4) is 0 Å². The first kappa shape index (κ1) is 18.2. The van der Waals surface area contributed by atoms with Gasteiger partial charge in [0, 0.05) is 19.2 Å². The van der Waals surface area contributed by atoms with E-state index in [9.17, 15) is 14.0 Å².